The molecule has 3 heterocycles. The summed E-state index contributed by atoms with van der Waals surface area (Å²) in [6.07, 6.45) is 2.70. The Morgan fingerprint density at radius 2 is 1.92 bits per heavy atom. The van der Waals surface area contributed by atoms with Crippen LogP contribution in [-0.2, 0) is 26.3 Å². The van der Waals surface area contributed by atoms with Crippen LogP contribution in [0.1, 0.15) is 30.9 Å². The zero-order valence-corrected chi connectivity index (χ0v) is 22.1. The van der Waals surface area contributed by atoms with Gasteiger partial charge in [-0.05, 0) is 55.8 Å². The van der Waals surface area contributed by atoms with E-state index in [1.54, 1.807) is 15.9 Å². The highest BCUT2D eigenvalue weighted by Gasteiger charge is 2.66. The molecule has 7 nitrogen and oxygen atoms in total. The normalized spacial score (nSPS) is 27.5. The van der Waals surface area contributed by atoms with Gasteiger partial charge >= 0.3 is 0 Å². The number of hydrogen-bond acceptors (Lipinski definition) is 5. The molecule has 0 aliphatic carbocycles. The minimum absolute atomic E-state index is 0.00953. The first kappa shape index (κ1) is 24.9. The maximum Gasteiger partial charge on any atom is 0.264 e. The Bertz CT molecular complexity index is 1220. The van der Waals surface area contributed by atoms with Crippen LogP contribution in [0.2, 0.25) is 18.6 Å². The Balaban J connectivity index is 1.69. The van der Waals surface area contributed by atoms with Gasteiger partial charge in [0.05, 0.1) is 17.5 Å². The summed E-state index contributed by atoms with van der Waals surface area (Å²) in [4.78, 5) is 41.9. The van der Waals surface area contributed by atoms with Gasteiger partial charge in [0.2, 0.25) is 5.91 Å². The van der Waals surface area contributed by atoms with Crippen LogP contribution >= 0.6 is 0 Å². The van der Waals surface area contributed by atoms with Crippen molar-refractivity contribution in [3.05, 3.63) is 66.2 Å². The second-order valence-electron chi connectivity index (χ2n) is 10.6. The molecular weight excluding hydrogens is 472 g/mol. The van der Waals surface area contributed by atoms with Gasteiger partial charge in [0.1, 0.15) is 0 Å². The first-order chi connectivity index (χ1) is 17.1. The summed E-state index contributed by atoms with van der Waals surface area (Å²) < 4.78 is 6.64. The molecule has 1 spiro atoms. The van der Waals surface area contributed by atoms with Gasteiger partial charge in [-0.25, -0.2) is 0 Å². The van der Waals surface area contributed by atoms with Crippen LogP contribution in [0.15, 0.2) is 55.1 Å². The molecule has 3 aliphatic rings. The number of aliphatic hydroxyl groups excluding tert-OH is 1. The third kappa shape index (κ3) is 3.58. The van der Waals surface area contributed by atoms with E-state index >= 15 is 0 Å². The Hall–Kier alpha value is -2.78. The van der Waals surface area contributed by atoms with Crippen molar-refractivity contribution in [1.29, 1.82) is 0 Å². The number of rotatable bonds is 6. The molecule has 1 saturated heterocycles. The number of nitrogens with zero attached hydrogens (tertiary/aromatic N) is 2. The molecule has 0 saturated carbocycles. The molecule has 2 aromatic carbocycles. The van der Waals surface area contributed by atoms with Gasteiger partial charge in [0.15, 0.2) is 13.9 Å². The van der Waals surface area contributed by atoms with E-state index in [4.69, 9.17) is 4.74 Å². The number of ether oxygens (including phenoxy) is 1. The lowest BCUT2D eigenvalue weighted by molar-refractivity contribution is -0.146. The molecule has 4 atom stereocenters. The number of aliphatic hydroxyl groups is 1. The summed E-state index contributed by atoms with van der Waals surface area (Å²) in [5.74, 6) is -0.493. The smallest absolute Gasteiger partial charge is 0.264 e. The number of carbonyl (C=O) groups excluding carboxylic acids is 2. The van der Waals surface area contributed by atoms with Crippen molar-refractivity contribution >= 4 is 37.2 Å². The van der Waals surface area contributed by atoms with Gasteiger partial charge in [0.25, 0.3) is 5.91 Å². The Kier molecular flexibility index (Phi) is 6.19. The van der Waals surface area contributed by atoms with E-state index in [0.717, 1.165) is 16.9 Å². The third-order valence-electron chi connectivity index (χ3n) is 8.04. The monoisotopic (exact) mass is 506 g/mol. The minimum Gasteiger partial charge on any atom is -0.432 e. The fraction of sp³-hybridized carbons (Fsp3) is 0.429. The second kappa shape index (κ2) is 8.95. The summed E-state index contributed by atoms with van der Waals surface area (Å²) in [6, 6.07) is 13.6. The lowest BCUT2D eigenvalue weighted by atomic mass is 9.82. The largest absolute Gasteiger partial charge is 0.432 e. The summed E-state index contributed by atoms with van der Waals surface area (Å²) in [5, 5.41) is 9.76. The zero-order valence-electron chi connectivity index (χ0n) is 21.1. The number of fused-ring (bicyclic) bond motifs is 3. The van der Waals surface area contributed by atoms with E-state index in [1.807, 2.05) is 62.5 Å². The van der Waals surface area contributed by atoms with E-state index in [9.17, 15) is 19.5 Å². The van der Waals surface area contributed by atoms with E-state index < -0.39 is 20.0 Å². The number of hydrogen-bond donors (Lipinski definition) is 2. The van der Waals surface area contributed by atoms with Gasteiger partial charge in [-0.2, -0.15) is 0 Å². The van der Waals surface area contributed by atoms with Crippen molar-refractivity contribution in [1.82, 2.24) is 0 Å². The number of carbonyl (C=O) groups is 2. The van der Waals surface area contributed by atoms with Crippen LogP contribution in [0, 0.1) is 5.92 Å². The molecule has 2 amide bonds. The minimum atomic E-state index is -2.77. The maximum atomic E-state index is 14.1. The number of anilines is 3. The molecule has 8 heteroatoms. The topological polar surface area (TPSA) is 90.3 Å². The molecule has 190 valence electrons. The first-order valence-electron chi connectivity index (χ1n) is 12.6. The first-order valence-corrected chi connectivity index (χ1v) is 15.7. The average molecular weight is 507 g/mol. The molecule has 0 bridgehead atoms. The number of benzene rings is 2. The van der Waals surface area contributed by atoms with E-state index in [0.29, 0.717) is 37.1 Å². The molecule has 0 aromatic heterocycles. The van der Waals surface area contributed by atoms with Crippen molar-refractivity contribution in [3.8, 4) is 0 Å². The highest BCUT2D eigenvalue weighted by molar-refractivity contribution is 6.71. The molecule has 0 radical (unpaired) electrons. The van der Waals surface area contributed by atoms with Crippen molar-refractivity contribution in [2.24, 2.45) is 5.92 Å². The molecule has 0 unspecified atom stereocenters. The lowest BCUT2D eigenvalue weighted by Crippen LogP contribution is -2.46. The predicted molar refractivity (Wildman–Crippen MR) is 142 cm³/mol. The fourth-order valence-electron chi connectivity index (χ4n) is 6.62. The van der Waals surface area contributed by atoms with Crippen LogP contribution in [0.5, 0.6) is 0 Å². The summed E-state index contributed by atoms with van der Waals surface area (Å²) in [7, 11) is -2.77. The molecule has 5 rings (SSSR count). The van der Waals surface area contributed by atoms with E-state index in [2.05, 4.69) is 6.58 Å². The second-order valence-corrected chi connectivity index (χ2v) is 14.6. The van der Waals surface area contributed by atoms with Crippen molar-refractivity contribution in [3.63, 3.8) is 0 Å². The van der Waals surface area contributed by atoms with Gasteiger partial charge in [-0.15, -0.1) is 6.58 Å². The summed E-state index contributed by atoms with van der Waals surface area (Å²) >= 11 is 0. The highest BCUT2D eigenvalue weighted by Crippen LogP contribution is 2.60. The predicted octanol–water partition coefficient (Wildman–Crippen LogP) is 4.01. The van der Waals surface area contributed by atoms with E-state index in [1.165, 1.54) is 0 Å². The van der Waals surface area contributed by atoms with Crippen LogP contribution in [0.4, 0.5) is 17.1 Å². The highest BCUT2D eigenvalue weighted by atomic mass is 28.4. The lowest BCUT2D eigenvalue weighted by Gasteiger charge is -2.33. The van der Waals surface area contributed by atoms with Crippen molar-refractivity contribution < 1.29 is 24.2 Å². The summed E-state index contributed by atoms with van der Waals surface area (Å²) in [6.45, 7) is 9.77. The van der Waals surface area contributed by atoms with Crippen LogP contribution in [0.3, 0.4) is 0 Å². The average Bonchev–Trinajstić information content (AvgIpc) is 3.26. The Labute approximate surface area is 213 Å². The fourth-order valence-corrected chi connectivity index (χ4v) is 9.23. The molecule has 2 N–H and O–H groups in total. The Morgan fingerprint density at radius 3 is 2.61 bits per heavy atom. The van der Waals surface area contributed by atoms with Gasteiger partial charge in [0, 0.05) is 42.3 Å². The zero-order chi connectivity index (χ0) is 25.8. The van der Waals surface area contributed by atoms with Gasteiger partial charge < -0.3 is 19.5 Å². The molecular formula is C28H34N2O5Si. The van der Waals surface area contributed by atoms with Crippen LogP contribution < -0.4 is 9.80 Å². The number of para-hydroxylation sites is 1. The van der Waals surface area contributed by atoms with Crippen LogP contribution in [0.25, 0.3) is 0 Å². The number of aryl methyl sites for hydroxylation is 1. The Morgan fingerprint density at radius 1 is 1.17 bits per heavy atom. The SMILES string of the molecule is C=CCN1C(=O)[C@]2(O[C@H](CCO)[C@@H]([Si](C)(C)O)[C@@H]2C)c2cc(N3C(=O)CCc4ccccc43)ccc21. The molecule has 1 fully saturated rings. The van der Waals surface area contributed by atoms with Crippen LogP contribution in [-0.4, -0.2) is 49.3 Å². The third-order valence-corrected chi connectivity index (χ3v) is 10.5. The van der Waals surface area contributed by atoms with Gasteiger partial charge in [-0.1, -0.05) is 31.2 Å². The standard InChI is InChI=1S/C28H34N2O5Si/c1-5-15-29-23-12-11-20(30-22-9-7-6-8-19(22)10-13-25(30)32)17-21(23)28(27(29)33)18(2)26(36(3,4)34)24(35-28)14-16-31/h5-9,11-12,17-18,24,26,31,34H,1,10,13-16H2,2-4H3/t18-,24+,26-,28+/m0/s1. The summed E-state index contributed by atoms with van der Waals surface area (Å²) in [5.41, 5.74) is 2.55. The van der Waals surface area contributed by atoms with Gasteiger partial charge in [-0.3, -0.25) is 14.5 Å². The van der Waals surface area contributed by atoms with Crippen molar-refractivity contribution in [2.75, 3.05) is 23.0 Å². The maximum absolute atomic E-state index is 14.1. The molecule has 36 heavy (non-hydrogen) atoms. The quantitative estimate of drug-likeness (QED) is 0.456. The molecule has 2 aromatic rings. The molecule has 3 aliphatic heterocycles. The number of amides is 2. The van der Waals surface area contributed by atoms with E-state index in [-0.39, 0.29) is 29.9 Å². The van der Waals surface area contributed by atoms with Crippen molar-refractivity contribution in [2.45, 2.75) is 56.5 Å².